The third-order valence-corrected chi connectivity index (χ3v) is 2.91. The van der Waals surface area contributed by atoms with Crippen LogP contribution in [0.2, 0.25) is 0 Å². The van der Waals surface area contributed by atoms with Gasteiger partial charge in [0.05, 0.1) is 5.56 Å². The molecule has 5 heteroatoms. The number of aliphatic carboxylic acids is 1. The number of carbonyl (C=O) groups excluding carboxylic acids is 1. The molecule has 0 bridgehead atoms. The molecule has 1 N–H and O–H groups in total. The second-order valence-corrected chi connectivity index (χ2v) is 4.85. The highest BCUT2D eigenvalue weighted by atomic mass is 79.9. The highest BCUT2D eigenvalue weighted by Gasteiger charge is 2.20. The number of hydrogen-bond acceptors (Lipinski definition) is 3. The van der Waals surface area contributed by atoms with E-state index < -0.39 is 12.1 Å². The minimum absolute atomic E-state index is 0.155. The Bertz CT molecular complexity index is 456. The molecule has 98 valence electrons. The van der Waals surface area contributed by atoms with Gasteiger partial charge >= 0.3 is 5.97 Å². The van der Waals surface area contributed by atoms with Gasteiger partial charge in [0.25, 0.3) is 0 Å². The Morgan fingerprint density at radius 1 is 1.44 bits per heavy atom. The van der Waals surface area contributed by atoms with E-state index in [0.717, 1.165) is 4.47 Å². The van der Waals surface area contributed by atoms with Crippen molar-refractivity contribution in [2.75, 3.05) is 0 Å². The van der Waals surface area contributed by atoms with Gasteiger partial charge in [-0.05, 0) is 31.5 Å². The first kappa shape index (κ1) is 14.7. The van der Waals surface area contributed by atoms with E-state index in [0.29, 0.717) is 24.2 Å². The topological polar surface area (TPSA) is 63.6 Å². The maximum Gasteiger partial charge on any atom is 0.344 e. The van der Waals surface area contributed by atoms with Crippen LogP contribution in [0.5, 0.6) is 5.75 Å². The Morgan fingerprint density at radius 3 is 2.61 bits per heavy atom. The predicted octanol–water partition coefficient (Wildman–Crippen LogP) is 3.28. The minimum atomic E-state index is -1.02. The lowest BCUT2D eigenvalue weighted by Gasteiger charge is -2.16. The van der Waals surface area contributed by atoms with E-state index in [2.05, 4.69) is 15.9 Å². The Labute approximate surface area is 114 Å². The Kier molecular flexibility index (Phi) is 5.34. The van der Waals surface area contributed by atoms with E-state index in [-0.39, 0.29) is 5.78 Å². The molecule has 0 aliphatic rings. The van der Waals surface area contributed by atoms with Crippen LogP contribution in [0, 0.1) is 0 Å². The van der Waals surface area contributed by atoms with Gasteiger partial charge in [-0.15, -0.1) is 0 Å². The molecular weight excluding hydrogens is 300 g/mol. The van der Waals surface area contributed by atoms with Crippen molar-refractivity contribution < 1.29 is 19.4 Å². The average Bonchev–Trinajstić information content (AvgIpc) is 2.28. The number of carboxylic acids is 1. The van der Waals surface area contributed by atoms with Gasteiger partial charge < -0.3 is 9.84 Å². The van der Waals surface area contributed by atoms with Crippen molar-refractivity contribution in [2.45, 2.75) is 32.8 Å². The van der Waals surface area contributed by atoms with Gasteiger partial charge in [-0.3, -0.25) is 4.79 Å². The molecule has 0 spiro atoms. The summed E-state index contributed by atoms with van der Waals surface area (Å²) in [6, 6.07) is 4.95. The molecule has 1 aromatic carbocycles. The molecule has 0 radical (unpaired) electrons. The average molecular weight is 315 g/mol. The van der Waals surface area contributed by atoms with Crippen LogP contribution in [0.1, 0.15) is 37.0 Å². The van der Waals surface area contributed by atoms with E-state index >= 15 is 0 Å². The van der Waals surface area contributed by atoms with Crippen LogP contribution in [0.4, 0.5) is 0 Å². The number of carboxylic acid groups (broad SMARTS) is 1. The molecule has 0 aromatic heterocycles. The summed E-state index contributed by atoms with van der Waals surface area (Å²) in [5.74, 6) is -0.873. The number of ether oxygens (including phenoxy) is 1. The molecular formula is C13H15BrO4. The normalized spacial score (nSPS) is 11.9. The maximum atomic E-state index is 11.4. The summed E-state index contributed by atoms with van der Waals surface area (Å²) in [5.41, 5.74) is 0.389. The van der Waals surface area contributed by atoms with E-state index in [1.165, 1.54) is 6.92 Å². The quantitative estimate of drug-likeness (QED) is 0.818. The summed E-state index contributed by atoms with van der Waals surface area (Å²) in [6.45, 7) is 3.30. The molecule has 0 aliphatic carbocycles. The molecule has 1 aromatic rings. The minimum Gasteiger partial charge on any atom is -0.479 e. The molecule has 0 aliphatic heterocycles. The zero-order valence-electron chi connectivity index (χ0n) is 10.3. The van der Waals surface area contributed by atoms with Gasteiger partial charge in [-0.1, -0.05) is 29.3 Å². The number of Topliss-reactive ketones (excluding diaryl/α,β-unsaturated/α-hetero) is 1. The summed E-state index contributed by atoms with van der Waals surface area (Å²) in [5, 5.41) is 9.04. The fourth-order valence-corrected chi connectivity index (χ4v) is 1.87. The fourth-order valence-electron chi connectivity index (χ4n) is 1.53. The van der Waals surface area contributed by atoms with Gasteiger partial charge in [0.15, 0.2) is 11.9 Å². The first-order chi connectivity index (χ1) is 8.45. The third kappa shape index (κ3) is 3.84. The number of carbonyl (C=O) groups is 2. The lowest BCUT2D eigenvalue weighted by molar-refractivity contribution is -0.145. The van der Waals surface area contributed by atoms with Crippen molar-refractivity contribution in [1.82, 2.24) is 0 Å². The summed E-state index contributed by atoms with van der Waals surface area (Å²) in [7, 11) is 0. The molecule has 0 fully saturated rings. The number of hydrogen-bond donors (Lipinski definition) is 1. The standard InChI is InChI=1S/C13H15BrO4/c1-3-4-11(13(16)17)18-12-7-9(14)5-6-10(12)8(2)15/h5-7,11H,3-4H2,1-2H3,(H,16,17). The van der Waals surface area contributed by atoms with Gasteiger partial charge in [-0.2, -0.15) is 0 Å². The van der Waals surface area contributed by atoms with Crippen LogP contribution in [0.25, 0.3) is 0 Å². The summed E-state index contributed by atoms with van der Waals surface area (Å²) in [6.07, 6.45) is 0.168. The number of halogens is 1. The van der Waals surface area contributed by atoms with Crippen LogP contribution in [0.3, 0.4) is 0 Å². The Hall–Kier alpha value is -1.36. The predicted molar refractivity (Wildman–Crippen MR) is 71.1 cm³/mol. The summed E-state index contributed by atoms with van der Waals surface area (Å²) >= 11 is 3.27. The smallest absolute Gasteiger partial charge is 0.344 e. The second kappa shape index (κ2) is 6.54. The molecule has 0 saturated carbocycles. The van der Waals surface area contributed by atoms with Crippen LogP contribution >= 0.6 is 15.9 Å². The highest BCUT2D eigenvalue weighted by Crippen LogP contribution is 2.26. The van der Waals surface area contributed by atoms with Crippen molar-refractivity contribution in [2.24, 2.45) is 0 Å². The third-order valence-electron chi connectivity index (χ3n) is 2.42. The largest absolute Gasteiger partial charge is 0.479 e. The molecule has 18 heavy (non-hydrogen) atoms. The van der Waals surface area contributed by atoms with Crippen molar-refractivity contribution >= 4 is 27.7 Å². The molecule has 0 heterocycles. The van der Waals surface area contributed by atoms with Crippen molar-refractivity contribution in [3.8, 4) is 5.75 Å². The molecule has 1 atom stereocenters. The monoisotopic (exact) mass is 314 g/mol. The van der Waals surface area contributed by atoms with Crippen molar-refractivity contribution in [1.29, 1.82) is 0 Å². The van der Waals surface area contributed by atoms with Crippen LogP contribution in [-0.2, 0) is 4.79 Å². The Balaban J connectivity index is 3.03. The first-order valence-electron chi connectivity index (χ1n) is 5.65. The van der Waals surface area contributed by atoms with Gasteiger partial charge in [0.2, 0.25) is 0 Å². The molecule has 0 amide bonds. The van der Waals surface area contributed by atoms with E-state index in [1.807, 2.05) is 6.92 Å². The van der Waals surface area contributed by atoms with E-state index in [1.54, 1.807) is 18.2 Å². The summed E-state index contributed by atoms with van der Waals surface area (Å²) in [4.78, 5) is 22.5. The highest BCUT2D eigenvalue weighted by molar-refractivity contribution is 9.10. The van der Waals surface area contributed by atoms with E-state index in [4.69, 9.17) is 9.84 Å². The SMILES string of the molecule is CCCC(Oc1cc(Br)ccc1C(C)=O)C(=O)O. The fraction of sp³-hybridized carbons (Fsp3) is 0.385. The lowest BCUT2D eigenvalue weighted by atomic mass is 10.1. The van der Waals surface area contributed by atoms with Gasteiger partial charge in [-0.25, -0.2) is 4.79 Å². The lowest BCUT2D eigenvalue weighted by Crippen LogP contribution is -2.27. The van der Waals surface area contributed by atoms with Crippen molar-refractivity contribution in [3.63, 3.8) is 0 Å². The molecule has 0 saturated heterocycles. The zero-order chi connectivity index (χ0) is 13.7. The van der Waals surface area contributed by atoms with Gasteiger partial charge in [0.1, 0.15) is 5.75 Å². The first-order valence-corrected chi connectivity index (χ1v) is 6.45. The van der Waals surface area contributed by atoms with Crippen LogP contribution in [0.15, 0.2) is 22.7 Å². The second-order valence-electron chi connectivity index (χ2n) is 3.93. The Morgan fingerprint density at radius 2 is 2.11 bits per heavy atom. The van der Waals surface area contributed by atoms with Gasteiger partial charge in [0, 0.05) is 4.47 Å². The van der Waals surface area contributed by atoms with Crippen molar-refractivity contribution in [3.05, 3.63) is 28.2 Å². The molecule has 1 rings (SSSR count). The van der Waals surface area contributed by atoms with Crippen LogP contribution < -0.4 is 4.74 Å². The molecule has 4 nitrogen and oxygen atoms in total. The number of rotatable bonds is 6. The number of benzene rings is 1. The molecule has 1 unspecified atom stereocenters. The number of ketones is 1. The summed E-state index contributed by atoms with van der Waals surface area (Å²) < 4.78 is 6.18. The zero-order valence-corrected chi connectivity index (χ0v) is 11.9. The van der Waals surface area contributed by atoms with Crippen LogP contribution in [-0.4, -0.2) is 23.0 Å². The maximum absolute atomic E-state index is 11.4. The van der Waals surface area contributed by atoms with E-state index in [9.17, 15) is 9.59 Å².